The van der Waals surface area contributed by atoms with Gasteiger partial charge in [-0.3, -0.25) is 4.79 Å². The molecule has 0 radical (unpaired) electrons. The Morgan fingerprint density at radius 2 is 1.68 bits per heavy atom. The molecule has 2 aliphatic rings. The predicted molar refractivity (Wildman–Crippen MR) is 145 cm³/mol. The Kier molecular flexibility index (Phi) is 8.72. The number of nitrogens with zero attached hydrogens (tertiary/aromatic N) is 1. The maximum absolute atomic E-state index is 13.0. The highest BCUT2D eigenvalue weighted by atomic mass is 127. The Bertz CT molecular complexity index is 1260. The van der Waals surface area contributed by atoms with Crippen LogP contribution in [0.2, 0.25) is 0 Å². The molecule has 3 aromatic rings. The molecule has 1 N–H and O–H groups in total. The van der Waals surface area contributed by atoms with Gasteiger partial charge in [0.05, 0.1) is 33.4 Å². The molecule has 5 rings (SSSR count). The molecule has 2 aliphatic heterocycles. The number of nitrogens with one attached hydrogen (secondary N) is 1. The van der Waals surface area contributed by atoms with Crippen molar-refractivity contribution in [1.82, 2.24) is 0 Å². The third-order valence-electron chi connectivity index (χ3n) is 7.39. The van der Waals surface area contributed by atoms with Crippen molar-refractivity contribution >= 4 is 23.2 Å². The molecule has 0 aromatic heterocycles. The number of fused-ring (bicyclic) bond motifs is 1. The summed E-state index contributed by atoms with van der Waals surface area (Å²) in [4.78, 5) is 13.0. The summed E-state index contributed by atoms with van der Waals surface area (Å²) in [5.41, 5.74) is 7.07. The number of benzene rings is 3. The standard InChI is InChI=1S/C31H34N2O3.HI/c1-22-4-8-24(9-5-22)27-19-26-18-25(10-13-30(26)36-21-27)31(34)32-28-11-6-23(7-12-28)20-33(2,3)29-14-16-35-17-15-29;/h4-13,18-19,29H,14-17,20-21H2,1-3H3;1H. The lowest BCUT2D eigenvalue weighted by molar-refractivity contribution is -0.929. The second-order valence-corrected chi connectivity index (χ2v) is 10.5. The van der Waals surface area contributed by atoms with Gasteiger partial charge in [0, 0.05) is 35.2 Å². The predicted octanol–water partition coefficient (Wildman–Crippen LogP) is 2.94. The number of hydrogen-bond acceptors (Lipinski definition) is 3. The van der Waals surface area contributed by atoms with E-state index < -0.39 is 0 Å². The van der Waals surface area contributed by atoms with Gasteiger partial charge < -0.3 is 43.3 Å². The highest BCUT2D eigenvalue weighted by Gasteiger charge is 2.30. The summed E-state index contributed by atoms with van der Waals surface area (Å²) in [6, 6.07) is 22.9. The average Bonchev–Trinajstić information content (AvgIpc) is 2.90. The number of amides is 1. The summed E-state index contributed by atoms with van der Waals surface area (Å²) in [5, 5.41) is 3.05. The molecule has 1 fully saturated rings. The van der Waals surface area contributed by atoms with Crippen LogP contribution in [0.15, 0.2) is 66.7 Å². The van der Waals surface area contributed by atoms with Gasteiger partial charge in [-0.2, -0.15) is 0 Å². The molecule has 0 spiro atoms. The number of hydrogen-bond donors (Lipinski definition) is 1. The van der Waals surface area contributed by atoms with Gasteiger partial charge >= 0.3 is 0 Å². The van der Waals surface area contributed by atoms with Gasteiger partial charge in [-0.1, -0.05) is 42.0 Å². The first-order valence-electron chi connectivity index (χ1n) is 12.7. The first-order chi connectivity index (χ1) is 17.4. The summed E-state index contributed by atoms with van der Waals surface area (Å²) in [5.74, 6) is 0.678. The number of anilines is 1. The van der Waals surface area contributed by atoms with E-state index in [0.29, 0.717) is 18.2 Å². The molecule has 3 aromatic carbocycles. The zero-order valence-corrected chi connectivity index (χ0v) is 24.0. The molecule has 0 aliphatic carbocycles. The van der Waals surface area contributed by atoms with Crippen molar-refractivity contribution in [3.8, 4) is 5.75 Å². The summed E-state index contributed by atoms with van der Waals surface area (Å²) in [7, 11) is 4.59. The lowest BCUT2D eigenvalue weighted by Gasteiger charge is -2.40. The molecule has 1 amide bonds. The number of rotatable bonds is 6. The molecule has 0 bridgehead atoms. The number of ether oxygens (including phenoxy) is 2. The SMILES string of the molecule is Cc1ccc(C2=Cc3cc(C(=O)Nc4ccc(C[N+](C)(C)C5CCOCC5)cc4)ccc3OC2)cc1.[I-]. The Morgan fingerprint density at radius 1 is 0.973 bits per heavy atom. The van der Waals surface area contributed by atoms with Gasteiger partial charge in [0.15, 0.2) is 0 Å². The van der Waals surface area contributed by atoms with E-state index in [-0.39, 0.29) is 29.9 Å². The maximum atomic E-state index is 13.0. The Hall–Kier alpha value is -2.68. The molecule has 0 unspecified atom stereocenters. The van der Waals surface area contributed by atoms with Crippen molar-refractivity contribution in [2.45, 2.75) is 32.4 Å². The number of aryl methyl sites for hydroxylation is 1. The molecular weight excluding hydrogens is 575 g/mol. The lowest BCUT2D eigenvalue weighted by Crippen LogP contribution is -3.00. The summed E-state index contributed by atoms with van der Waals surface area (Å²) < 4.78 is 12.4. The second-order valence-electron chi connectivity index (χ2n) is 10.5. The van der Waals surface area contributed by atoms with E-state index in [4.69, 9.17) is 9.47 Å². The van der Waals surface area contributed by atoms with Gasteiger partial charge in [0.1, 0.15) is 18.9 Å². The summed E-state index contributed by atoms with van der Waals surface area (Å²) in [6.45, 7) is 5.28. The van der Waals surface area contributed by atoms with Crippen molar-refractivity contribution in [3.63, 3.8) is 0 Å². The fourth-order valence-corrected chi connectivity index (χ4v) is 5.13. The van der Waals surface area contributed by atoms with Crippen LogP contribution in [-0.2, 0) is 11.3 Å². The van der Waals surface area contributed by atoms with Gasteiger partial charge in [0.25, 0.3) is 5.91 Å². The fraction of sp³-hybridized carbons (Fsp3) is 0.323. The lowest BCUT2D eigenvalue weighted by atomic mass is 9.98. The van der Waals surface area contributed by atoms with Gasteiger partial charge in [-0.15, -0.1) is 0 Å². The average molecular weight is 611 g/mol. The third-order valence-corrected chi connectivity index (χ3v) is 7.39. The minimum Gasteiger partial charge on any atom is -1.00 e. The zero-order chi connectivity index (χ0) is 25.1. The van der Waals surface area contributed by atoms with E-state index in [1.807, 2.05) is 30.3 Å². The molecular formula is C31H35IN2O3. The van der Waals surface area contributed by atoms with Crippen LogP contribution >= 0.6 is 0 Å². The maximum Gasteiger partial charge on any atom is 0.255 e. The highest BCUT2D eigenvalue weighted by Crippen LogP contribution is 2.31. The number of carbonyl (C=O) groups excluding carboxylic acids is 1. The van der Waals surface area contributed by atoms with Crippen molar-refractivity contribution in [1.29, 1.82) is 0 Å². The van der Waals surface area contributed by atoms with E-state index in [9.17, 15) is 4.79 Å². The van der Waals surface area contributed by atoms with E-state index in [1.54, 1.807) is 0 Å². The van der Waals surface area contributed by atoms with Crippen molar-refractivity contribution in [2.24, 2.45) is 0 Å². The van der Waals surface area contributed by atoms with Gasteiger partial charge in [-0.05, 0) is 54.5 Å². The van der Waals surface area contributed by atoms with Crippen LogP contribution < -0.4 is 34.0 Å². The summed E-state index contributed by atoms with van der Waals surface area (Å²) >= 11 is 0. The van der Waals surface area contributed by atoms with E-state index in [1.165, 1.54) is 11.1 Å². The van der Waals surface area contributed by atoms with Crippen LogP contribution in [0.4, 0.5) is 5.69 Å². The number of quaternary nitrogens is 1. The van der Waals surface area contributed by atoms with Crippen LogP contribution in [0.5, 0.6) is 5.75 Å². The van der Waals surface area contributed by atoms with E-state index in [0.717, 1.165) is 65.2 Å². The molecule has 0 saturated carbocycles. The monoisotopic (exact) mass is 610 g/mol. The first-order valence-corrected chi connectivity index (χ1v) is 12.7. The smallest absolute Gasteiger partial charge is 0.255 e. The molecule has 37 heavy (non-hydrogen) atoms. The quantitative estimate of drug-likeness (QED) is 0.345. The molecule has 0 atom stereocenters. The largest absolute Gasteiger partial charge is 1.00 e. The Balaban J connectivity index is 0.00000320. The van der Waals surface area contributed by atoms with Crippen LogP contribution in [0, 0.1) is 6.92 Å². The van der Waals surface area contributed by atoms with Gasteiger partial charge in [-0.25, -0.2) is 0 Å². The molecule has 5 nitrogen and oxygen atoms in total. The van der Waals surface area contributed by atoms with Crippen LogP contribution in [0.25, 0.3) is 11.6 Å². The van der Waals surface area contributed by atoms with Crippen LogP contribution in [-0.4, -0.2) is 50.3 Å². The molecule has 194 valence electrons. The molecule has 1 saturated heterocycles. The van der Waals surface area contributed by atoms with Gasteiger partial charge in [0.2, 0.25) is 0 Å². The summed E-state index contributed by atoms with van der Waals surface area (Å²) in [6.07, 6.45) is 4.33. The van der Waals surface area contributed by atoms with E-state index >= 15 is 0 Å². The normalized spacial score (nSPS) is 15.6. The number of halogens is 1. The number of carbonyl (C=O) groups is 1. The zero-order valence-electron chi connectivity index (χ0n) is 21.8. The van der Waals surface area contributed by atoms with Crippen LogP contribution in [0.1, 0.15) is 45.5 Å². The van der Waals surface area contributed by atoms with Crippen molar-refractivity contribution < 1.29 is 42.7 Å². The fourth-order valence-electron chi connectivity index (χ4n) is 5.13. The van der Waals surface area contributed by atoms with E-state index in [2.05, 4.69) is 68.8 Å². The highest BCUT2D eigenvalue weighted by molar-refractivity contribution is 6.05. The Labute approximate surface area is 237 Å². The van der Waals surface area contributed by atoms with Crippen molar-refractivity contribution in [2.75, 3.05) is 39.2 Å². The molecule has 2 heterocycles. The first kappa shape index (κ1) is 27.4. The minimum atomic E-state index is -0.125. The second kappa shape index (κ2) is 11.8. The minimum absolute atomic E-state index is 0. The third kappa shape index (κ3) is 6.61. The Morgan fingerprint density at radius 3 is 2.38 bits per heavy atom. The van der Waals surface area contributed by atoms with Crippen LogP contribution in [0.3, 0.4) is 0 Å². The topological polar surface area (TPSA) is 47.6 Å². The van der Waals surface area contributed by atoms with Crippen molar-refractivity contribution in [3.05, 3.63) is 94.5 Å². The molecule has 6 heteroatoms.